The van der Waals surface area contributed by atoms with E-state index >= 15 is 0 Å². The van der Waals surface area contributed by atoms with E-state index in [9.17, 15) is 14.4 Å². The van der Waals surface area contributed by atoms with Gasteiger partial charge in [-0.2, -0.15) is 0 Å². The van der Waals surface area contributed by atoms with Gasteiger partial charge in [-0.25, -0.2) is 4.79 Å². The number of allylic oxidation sites excluding steroid dienone is 1. The van der Waals surface area contributed by atoms with Gasteiger partial charge >= 0.3 is 6.03 Å². The van der Waals surface area contributed by atoms with Crippen LogP contribution in [-0.2, 0) is 16.9 Å². The molecule has 1 heterocycles. The summed E-state index contributed by atoms with van der Waals surface area (Å²) in [5.41, 5.74) is 6.32. The van der Waals surface area contributed by atoms with Gasteiger partial charge in [0.15, 0.2) is 6.29 Å². The summed E-state index contributed by atoms with van der Waals surface area (Å²) >= 11 is 0. The van der Waals surface area contributed by atoms with Crippen LogP contribution >= 0.6 is 0 Å². The molecule has 0 aliphatic carbocycles. The van der Waals surface area contributed by atoms with E-state index in [1.807, 2.05) is 0 Å². The van der Waals surface area contributed by atoms with Crippen molar-refractivity contribution in [3.63, 3.8) is 0 Å². The number of nitrogens with two attached hydrogens (primary N) is 2. The Balaban J connectivity index is 1.90. The highest BCUT2D eigenvalue weighted by Crippen LogP contribution is 2.30. The summed E-state index contributed by atoms with van der Waals surface area (Å²) in [6.07, 6.45) is 5.01. The number of hydrogen-bond acceptors (Lipinski definition) is 4. The molecule has 9 heteroatoms. The van der Waals surface area contributed by atoms with Gasteiger partial charge in [0.25, 0.3) is 11.7 Å². The van der Waals surface area contributed by atoms with Crippen molar-refractivity contribution in [3.8, 4) is 5.75 Å². The highest BCUT2D eigenvalue weighted by atomic mass is 16.3. The lowest BCUT2D eigenvalue weighted by molar-refractivity contribution is -0.496. The highest BCUT2D eigenvalue weighted by Gasteiger charge is 2.40. The van der Waals surface area contributed by atoms with Gasteiger partial charge in [0.1, 0.15) is 11.2 Å². The third kappa shape index (κ3) is 4.20. The molecule has 1 atom stereocenters. The second-order valence-electron chi connectivity index (χ2n) is 6.95. The van der Waals surface area contributed by atoms with Crippen LogP contribution in [0.2, 0.25) is 0 Å². The van der Waals surface area contributed by atoms with E-state index in [4.69, 9.17) is 16.2 Å². The molecule has 154 valence electrons. The molecular formula is C21H23N5O4+2. The lowest BCUT2D eigenvalue weighted by atomic mass is 9.90. The molecule has 1 aliphatic rings. The lowest BCUT2D eigenvalue weighted by Crippen LogP contribution is -2.70. The number of nitrogens with zero attached hydrogens (tertiary/aromatic N) is 1. The van der Waals surface area contributed by atoms with Crippen LogP contribution in [0, 0.1) is 5.41 Å². The highest BCUT2D eigenvalue weighted by molar-refractivity contribution is 5.99. The second-order valence-corrected chi connectivity index (χ2v) is 6.95. The van der Waals surface area contributed by atoms with Gasteiger partial charge in [-0.05, 0) is 29.3 Å². The average molecular weight is 409 g/mol. The van der Waals surface area contributed by atoms with E-state index in [1.165, 1.54) is 11.0 Å². The fraction of sp³-hybridized carbons (Fsp3) is 0.143. The fourth-order valence-electron chi connectivity index (χ4n) is 3.48. The molecule has 1 aliphatic heterocycles. The summed E-state index contributed by atoms with van der Waals surface area (Å²) in [6.45, 7) is 0.133. The minimum Gasteiger partial charge on any atom is -0.593 e. The molecule has 3 rings (SSSR count). The van der Waals surface area contributed by atoms with Gasteiger partial charge < -0.3 is 31.3 Å². The Labute approximate surface area is 172 Å². The molecule has 0 fully saturated rings. The van der Waals surface area contributed by atoms with Gasteiger partial charge in [-0.1, -0.05) is 12.1 Å². The van der Waals surface area contributed by atoms with Gasteiger partial charge in [0, 0.05) is 36.5 Å². The van der Waals surface area contributed by atoms with Crippen molar-refractivity contribution in [2.45, 2.75) is 12.1 Å². The molecule has 0 radical (unpaired) electrons. The molecule has 3 amide bonds. The standard InChI is InChI=1S/C21H21N5O4/c22-8-1-9-24-16-4-2-15(3-5-16)21(13-27,25-20(23)30)12-26-11-14-10-17(28)6-7-18(14)19(26)29/h1-10,13,22,24,28H,11-12H2,(H3,23,25,30)/p+2/b9-1-,22-8?. The number of benzene rings is 2. The number of fused-ring (bicyclic) bond motifs is 1. The lowest BCUT2D eigenvalue weighted by Gasteiger charge is -2.33. The second kappa shape index (κ2) is 8.58. The summed E-state index contributed by atoms with van der Waals surface area (Å²) in [7, 11) is 0. The van der Waals surface area contributed by atoms with Crippen LogP contribution in [0.3, 0.4) is 0 Å². The molecule has 9 nitrogen and oxygen atoms in total. The summed E-state index contributed by atoms with van der Waals surface area (Å²) < 4.78 is 0. The number of carbonyl (C=O) groups is 3. The van der Waals surface area contributed by atoms with E-state index in [2.05, 4.69) is 5.32 Å². The van der Waals surface area contributed by atoms with Crippen molar-refractivity contribution in [1.29, 1.82) is 5.41 Å². The van der Waals surface area contributed by atoms with E-state index in [1.54, 1.807) is 54.0 Å². The van der Waals surface area contributed by atoms with Crippen LogP contribution < -0.4 is 16.4 Å². The third-order valence-electron chi connectivity index (χ3n) is 4.89. The van der Waals surface area contributed by atoms with Crippen molar-refractivity contribution >= 4 is 30.1 Å². The smallest absolute Gasteiger partial charge is 0.313 e. The minimum atomic E-state index is -1.52. The largest absolute Gasteiger partial charge is 0.593 e. The van der Waals surface area contributed by atoms with Crippen LogP contribution in [0.5, 0.6) is 5.75 Å². The van der Waals surface area contributed by atoms with Crippen molar-refractivity contribution in [3.05, 3.63) is 71.4 Å². The zero-order chi connectivity index (χ0) is 21.7. The topological polar surface area (TPSA) is 156 Å². The maximum atomic E-state index is 12.8. The molecule has 1 unspecified atom stereocenters. The molecule has 0 saturated heterocycles. The summed E-state index contributed by atoms with van der Waals surface area (Å²) in [6, 6.07) is 10.8. The van der Waals surface area contributed by atoms with Crippen LogP contribution in [0.1, 0.15) is 21.5 Å². The first kappa shape index (κ1) is 20.7. The first-order valence-electron chi connectivity index (χ1n) is 9.17. The van der Waals surface area contributed by atoms with Crippen molar-refractivity contribution in [2.75, 3.05) is 6.54 Å². The van der Waals surface area contributed by atoms with Crippen LogP contribution in [-0.4, -0.2) is 41.0 Å². The Morgan fingerprint density at radius 2 is 2.03 bits per heavy atom. The van der Waals surface area contributed by atoms with Crippen LogP contribution in [0.25, 0.3) is 0 Å². The molecule has 0 saturated carbocycles. The number of hydrogen-bond donors (Lipinski definition) is 4. The molecular weight excluding hydrogens is 386 g/mol. The Kier molecular flexibility index (Phi) is 5.93. The molecule has 8 N–H and O–H groups in total. The third-order valence-corrected chi connectivity index (χ3v) is 4.89. The fourth-order valence-corrected chi connectivity index (χ4v) is 3.48. The Hall–Kier alpha value is -3.98. The minimum absolute atomic E-state index is 0.100. The predicted octanol–water partition coefficient (Wildman–Crippen LogP) is 0.201. The number of urea groups is 1. The van der Waals surface area contributed by atoms with Crippen molar-refractivity contribution < 1.29 is 24.8 Å². The zero-order valence-electron chi connectivity index (χ0n) is 16.1. The van der Waals surface area contributed by atoms with Crippen molar-refractivity contribution in [2.24, 2.45) is 5.73 Å². The van der Waals surface area contributed by atoms with Gasteiger partial charge in [-0.15, -0.1) is 0 Å². The Morgan fingerprint density at radius 3 is 2.67 bits per heavy atom. The van der Waals surface area contributed by atoms with Crippen molar-refractivity contribution in [1.82, 2.24) is 10.2 Å². The molecule has 30 heavy (non-hydrogen) atoms. The molecule has 0 spiro atoms. The Morgan fingerprint density at radius 1 is 1.30 bits per heavy atom. The average Bonchev–Trinajstić information content (AvgIpc) is 3.02. The number of rotatable bonds is 8. The number of quaternary nitrogens is 1. The number of amides is 3. The SMILES string of the molecule is N=C/C=C\[NH2+]c1ccc(C(C=O)(CN2Cc3cc([OH2+])ccc3C2=O)NC(N)=O)cc1. The van der Waals surface area contributed by atoms with E-state index < -0.39 is 11.6 Å². The monoisotopic (exact) mass is 409 g/mol. The van der Waals surface area contributed by atoms with Gasteiger partial charge in [-0.3, -0.25) is 10.1 Å². The van der Waals surface area contributed by atoms with E-state index in [0.717, 1.165) is 11.9 Å². The van der Waals surface area contributed by atoms with Gasteiger partial charge in [0.05, 0.1) is 12.7 Å². The maximum Gasteiger partial charge on any atom is 0.313 e. The normalized spacial score (nSPS) is 14.9. The predicted molar refractivity (Wildman–Crippen MR) is 111 cm³/mol. The van der Waals surface area contributed by atoms with Gasteiger partial charge in [0.2, 0.25) is 0 Å². The maximum absolute atomic E-state index is 12.8. The molecule has 0 aromatic heterocycles. The zero-order valence-corrected chi connectivity index (χ0v) is 16.1. The van der Waals surface area contributed by atoms with E-state index in [-0.39, 0.29) is 19.0 Å². The van der Waals surface area contributed by atoms with Crippen LogP contribution in [0.4, 0.5) is 10.5 Å². The first-order valence-corrected chi connectivity index (χ1v) is 9.17. The number of aldehydes is 1. The summed E-state index contributed by atoms with van der Waals surface area (Å²) in [5, 5.41) is 19.0. The number of nitrogens with one attached hydrogen (secondary N) is 2. The molecule has 2 aromatic rings. The molecule has 2 aromatic carbocycles. The Bertz CT molecular complexity index is 1020. The number of primary amides is 1. The van der Waals surface area contributed by atoms with E-state index in [0.29, 0.717) is 28.7 Å². The summed E-state index contributed by atoms with van der Waals surface area (Å²) in [5.74, 6) is 0.0217. The quantitative estimate of drug-likeness (QED) is 0.213. The summed E-state index contributed by atoms with van der Waals surface area (Å²) in [4.78, 5) is 38.1. The number of carbonyl (C=O) groups excluding carboxylic acids is 3. The van der Waals surface area contributed by atoms with Crippen LogP contribution in [0.15, 0.2) is 54.7 Å². The molecule has 0 bridgehead atoms. The first-order chi connectivity index (χ1) is 14.4.